The standard InChI is InChI=1S/C33H43FN6O4/c1-4-40(24(2)3)30(41)26-17-25(34)5-6-27(26)44-28-18-36-23-37-29(28)39-21-32(22-39)11-13-38(14-12-32)20-31(19-35)7-9-33(10-8-31)42-15-16-43-33/h5-6,17-18,23-24H,4,7-16,20-22H2,1-3H3. The second-order valence-electron chi connectivity index (χ2n) is 13.3. The van der Waals surface area contributed by atoms with E-state index in [4.69, 9.17) is 14.2 Å². The summed E-state index contributed by atoms with van der Waals surface area (Å²) < 4.78 is 32.3. The van der Waals surface area contributed by atoms with Crippen molar-refractivity contribution in [2.45, 2.75) is 71.1 Å². The van der Waals surface area contributed by atoms with Crippen LogP contribution in [0, 0.1) is 28.0 Å². The predicted molar refractivity (Wildman–Crippen MR) is 162 cm³/mol. The maximum atomic E-state index is 14.3. The fourth-order valence-corrected chi connectivity index (χ4v) is 7.44. The van der Waals surface area contributed by atoms with E-state index >= 15 is 0 Å². The summed E-state index contributed by atoms with van der Waals surface area (Å²) in [5, 5.41) is 10.2. The van der Waals surface area contributed by atoms with E-state index in [-0.39, 0.29) is 34.1 Å². The highest BCUT2D eigenvalue weighted by Gasteiger charge is 2.50. The molecule has 4 aliphatic rings. The number of halogens is 1. The molecule has 4 heterocycles. The predicted octanol–water partition coefficient (Wildman–Crippen LogP) is 5.01. The molecule has 0 radical (unpaired) electrons. The van der Waals surface area contributed by atoms with Gasteiger partial charge in [0, 0.05) is 50.5 Å². The molecule has 1 aliphatic carbocycles. The van der Waals surface area contributed by atoms with Crippen molar-refractivity contribution in [1.82, 2.24) is 19.8 Å². The summed E-state index contributed by atoms with van der Waals surface area (Å²) in [5.41, 5.74) is 0.0269. The van der Waals surface area contributed by atoms with Crippen molar-refractivity contribution >= 4 is 11.7 Å². The van der Waals surface area contributed by atoms with Crippen molar-refractivity contribution in [3.63, 3.8) is 0 Å². The number of likely N-dealkylation sites (tertiary alicyclic amines) is 1. The molecule has 2 aromatic rings. The lowest BCUT2D eigenvalue weighted by molar-refractivity contribution is -0.188. The fourth-order valence-electron chi connectivity index (χ4n) is 7.44. The SMILES string of the molecule is CCN(C(=O)c1cc(F)ccc1Oc1cncnc1N1CC2(CCN(CC3(C#N)CCC4(CC3)OCCO4)CC2)C1)C(C)C. The molecular weight excluding hydrogens is 563 g/mol. The second kappa shape index (κ2) is 12.2. The van der Waals surface area contributed by atoms with Gasteiger partial charge in [0.15, 0.2) is 17.4 Å². The number of rotatable bonds is 8. The van der Waals surface area contributed by atoms with Crippen LogP contribution in [0.4, 0.5) is 10.2 Å². The van der Waals surface area contributed by atoms with Gasteiger partial charge in [-0.3, -0.25) is 4.79 Å². The highest BCUT2D eigenvalue weighted by molar-refractivity contribution is 5.97. The lowest BCUT2D eigenvalue weighted by atomic mass is 9.70. The summed E-state index contributed by atoms with van der Waals surface area (Å²) in [7, 11) is 0. The number of amides is 1. The number of aromatic nitrogens is 2. The van der Waals surface area contributed by atoms with E-state index in [2.05, 4.69) is 25.8 Å². The van der Waals surface area contributed by atoms with Crippen LogP contribution in [-0.2, 0) is 9.47 Å². The number of carbonyl (C=O) groups is 1. The van der Waals surface area contributed by atoms with Gasteiger partial charge in [0.05, 0.1) is 36.5 Å². The Kier molecular flexibility index (Phi) is 8.52. The number of piperidine rings is 1. The molecule has 0 atom stereocenters. The fraction of sp³-hybridized carbons (Fsp3) is 0.636. The van der Waals surface area contributed by atoms with Crippen molar-refractivity contribution in [2.24, 2.45) is 10.8 Å². The minimum atomic E-state index is -0.494. The van der Waals surface area contributed by atoms with E-state index in [9.17, 15) is 14.4 Å². The maximum absolute atomic E-state index is 14.3. The third kappa shape index (κ3) is 6.00. The van der Waals surface area contributed by atoms with Crippen LogP contribution in [0.25, 0.3) is 0 Å². The molecule has 1 aromatic heterocycles. The zero-order chi connectivity index (χ0) is 31.0. The molecule has 4 fully saturated rings. The molecular formula is C33H43FN6O4. The molecule has 44 heavy (non-hydrogen) atoms. The molecule has 236 valence electrons. The molecule has 1 aromatic carbocycles. The van der Waals surface area contributed by atoms with Crippen LogP contribution in [0.3, 0.4) is 0 Å². The highest BCUT2D eigenvalue weighted by Crippen LogP contribution is 2.48. The number of ether oxygens (including phenoxy) is 3. The van der Waals surface area contributed by atoms with Gasteiger partial charge < -0.3 is 28.9 Å². The normalized spacial score (nSPS) is 22.1. The van der Waals surface area contributed by atoms with Gasteiger partial charge in [-0.25, -0.2) is 14.4 Å². The minimum Gasteiger partial charge on any atom is -0.451 e. The zero-order valence-electron chi connectivity index (χ0n) is 26.1. The number of hydrogen-bond acceptors (Lipinski definition) is 9. The highest BCUT2D eigenvalue weighted by atomic mass is 19.1. The monoisotopic (exact) mass is 606 g/mol. The van der Waals surface area contributed by atoms with Gasteiger partial charge in [-0.15, -0.1) is 0 Å². The lowest BCUT2D eigenvalue weighted by Crippen LogP contribution is -2.61. The van der Waals surface area contributed by atoms with Gasteiger partial charge in [0.1, 0.15) is 17.9 Å². The van der Waals surface area contributed by atoms with Gasteiger partial charge in [-0.2, -0.15) is 5.26 Å². The molecule has 3 saturated heterocycles. The van der Waals surface area contributed by atoms with Crippen LogP contribution in [-0.4, -0.2) is 90.0 Å². The van der Waals surface area contributed by atoms with Crippen molar-refractivity contribution in [1.29, 1.82) is 5.26 Å². The summed E-state index contributed by atoms with van der Waals surface area (Å²) in [5.74, 6) is 0.156. The first kappa shape index (κ1) is 30.7. The quantitative estimate of drug-likeness (QED) is 0.410. The molecule has 1 saturated carbocycles. The van der Waals surface area contributed by atoms with Crippen LogP contribution in [0.15, 0.2) is 30.7 Å². The molecule has 3 aliphatic heterocycles. The Balaban J connectivity index is 1.08. The molecule has 2 spiro atoms. The van der Waals surface area contributed by atoms with E-state index in [1.54, 1.807) is 11.1 Å². The van der Waals surface area contributed by atoms with Crippen molar-refractivity contribution in [3.8, 4) is 17.6 Å². The van der Waals surface area contributed by atoms with E-state index < -0.39 is 11.6 Å². The van der Waals surface area contributed by atoms with Crippen molar-refractivity contribution in [2.75, 3.05) is 57.4 Å². The Morgan fingerprint density at radius 1 is 1.11 bits per heavy atom. The van der Waals surface area contributed by atoms with Crippen LogP contribution in [0.2, 0.25) is 0 Å². The van der Waals surface area contributed by atoms with Crippen LogP contribution < -0.4 is 9.64 Å². The second-order valence-corrected chi connectivity index (χ2v) is 13.3. The summed E-state index contributed by atoms with van der Waals surface area (Å²) in [6.07, 6.45) is 8.42. The number of carbonyl (C=O) groups excluding carboxylic acids is 1. The van der Waals surface area contributed by atoms with E-state index in [1.807, 2.05) is 20.8 Å². The van der Waals surface area contributed by atoms with Crippen LogP contribution in [0.1, 0.15) is 69.7 Å². The first-order valence-corrected chi connectivity index (χ1v) is 15.9. The van der Waals surface area contributed by atoms with Gasteiger partial charge >= 0.3 is 0 Å². The Labute approximate surface area is 259 Å². The number of hydrogen-bond donors (Lipinski definition) is 0. The third-order valence-corrected chi connectivity index (χ3v) is 10.1. The molecule has 0 bridgehead atoms. The third-order valence-electron chi connectivity index (χ3n) is 10.1. The average molecular weight is 607 g/mol. The van der Waals surface area contributed by atoms with Gasteiger partial charge in [-0.1, -0.05) is 0 Å². The minimum absolute atomic E-state index is 0.0377. The van der Waals surface area contributed by atoms with Gasteiger partial charge in [0.25, 0.3) is 5.91 Å². The maximum Gasteiger partial charge on any atom is 0.257 e. The number of nitriles is 1. The molecule has 0 unspecified atom stereocenters. The van der Waals surface area contributed by atoms with Gasteiger partial charge in [0.2, 0.25) is 0 Å². The number of benzene rings is 1. The topological polar surface area (TPSA) is 104 Å². The molecule has 0 N–H and O–H groups in total. The summed E-state index contributed by atoms with van der Waals surface area (Å²) in [6, 6.07) is 6.66. The van der Waals surface area contributed by atoms with E-state index in [0.717, 1.165) is 71.2 Å². The lowest BCUT2D eigenvalue weighted by Gasteiger charge is -2.55. The smallest absolute Gasteiger partial charge is 0.257 e. The number of anilines is 1. The van der Waals surface area contributed by atoms with E-state index in [1.165, 1.54) is 24.5 Å². The average Bonchev–Trinajstić information content (AvgIpc) is 3.47. The van der Waals surface area contributed by atoms with Crippen molar-refractivity contribution < 1.29 is 23.4 Å². The molecule has 6 rings (SSSR count). The van der Waals surface area contributed by atoms with Gasteiger partial charge in [-0.05, 0) is 77.7 Å². The Morgan fingerprint density at radius 3 is 2.45 bits per heavy atom. The summed E-state index contributed by atoms with van der Waals surface area (Å²) in [6.45, 7) is 12.0. The summed E-state index contributed by atoms with van der Waals surface area (Å²) >= 11 is 0. The molecule has 1 amide bonds. The first-order chi connectivity index (χ1) is 21.2. The van der Waals surface area contributed by atoms with Crippen molar-refractivity contribution in [3.05, 3.63) is 42.1 Å². The molecule has 11 heteroatoms. The van der Waals surface area contributed by atoms with E-state index in [0.29, 0.717) is 31.3 Å². The largest absolute Gasteiger partial charge is 0.451 e. The Hall–Kier alpha value is -3.33. The Bertz CT molecular complexity index is 1380. The zero-order valence-corrected chi connectivity index (χ0v) is 26.1. The number of nitrogens with zero attached hydrogens (tertiary/aromatic N) is 6. The first-order valence-electron chi connectivity index (χ1n) is 15.9. The van der Waals surface area contributed by atoms with Crippen LogP contribution >= 0.6 is 0 Å². The van der Waals surface area contributed by atoms with Crippen LogP contribution in [0.5, 0.6) is 11.5 Å². The molecule has 10 nitrogen and oxygen atoms in total. The Morgan fingerprint density at radius 2 is 1.82 bits per heavy atom. The summed E-state index contributed by atoms with van der Waals surface area (Å²) in [4.78, 5) is 28.4.